The summed E-state index contributed by atoms with van der Waals surface area (Å²) in [6.07, 6.45) is 0. The Bertz CT molecular complexity index is 701. The highest BCUT2D eigenvalue weighted by Gasteiger charge is 2.14. The molecule has 0 atom stereocenters. The van der Waals surface area contributed by atoms with E-state index >= 15 is 0 Å². The number of hydrazine groups is 1. The van der Waals surface area contributed by atoms with E-state index in [1.165, 1.54) is 18.2 Å². The fourth-order valence-corrected chi connectivity index (χ4v) is 1.95. The van der Waals surface area contributed by atoms with E-state index in [0.29, 0.717) is 0 Å². The highest BCUT2D eigenvalue weighted by molar-refractivity contribution is 6.33. The summed E-state index contributed by atoms with van der Waals surface area (Å²) in [5, 5.41) is 9.97. The number of halogens is 1. The van der Waals surface area contributed by atoms with E-state index in [2.05, 4.69) is 10.9 Å². The minimum atomic E-state index is -0.618. The number of hydrogen-bond acceptors (Lipinski definition) is 3. The van der Waals surface area contributed by atoms with Gasteiger partial charge in [-0.05, 0) is 36.8 Å². The fraction of sp³-hybridized carbons (Fsp3) is 0.0667. The number of benzene rings is 2. The summed E-state index contributed by atoms with van der Waals surface area (Å²) < 4.78 is 0. The maximum Gasteiger partial charge on any atom is 0.273 e. The van der Waals surface area contributed by atoms with Gasteiger partial charge < -0.3 is 5.11 Å². The molecule has 0 saturated carbocycles. The van der Waals surface area contributed by atoms with Gasteiger partial charge in [0.15, 0.2) is 0 Å². The predicted octanol–water partition coefficient (Wildman–Crippen LogP) is 2.43. The molecular weight excluding hydrogens is 292 g/mol. The Labute approximate surface area is 126 Å². The van der Waals surface area contributed by atoms with E-state index in [4.69, 9.17) is 11.6 Å². The average molecular weight is 305 g/mol. The van der Waals surface area contributed by atoms with Crippen molar-refractivity contribution in [2.75, 3.05) is 0 Å². The van der Waals surface area contributed by atoms with Crippen LogP contribution in [0, 0.1) is 6.92 Å². The summed E-state index contributed by atoms with van der Waals surface area (Å²) >= 11 is 5.88. The van der Waals surface area contributed by atoms with Gasteiger partial charge in [0.1, 0.15) is 5.75 Å². The number of rotatable bonds is 2. The molecule has 108 valence electrons. The Balaban J connectivity index is 2.04. The predicted molar refractivity (Wildman–Crippen MR) is 79.2 cm³/mol. The molecule has 2 aromatic carbocycles. The van der Waals surface area contributed by atoms with Crippen molar-refractivity contribution in [3.05, 3.63) is 64.2 Å². The zero-order chi connectivity index (χ0) is 15.4. The Morgan fingerprint density at radius 3 is 2.24 bits per heavy atom. The number of aryl methyl sites for hydroxylation is 1. The summed E-state index contributed by atoms with van der Waals surface area (Å²) in [6.45, 7) is 1.79. The summed E-state index contributed by atoms with van der Waals surface area (Å²) in [6, 6.07) is 11.1. The van der Waals surface area contributed by atoms with E-state index in [1.54, 1.807) is 31.2 Å². The Morgan fingerprint density at radius 2 is 1.62 bits per heavy atom. The van der Waals surface area contributed by atoms with Gasteiger partial charge in [-0.15, -0.1) is 0 Å². The van der Waals surface area contributed by atoms with Gasteiger partial charge in [0.2, 0.25) is 0 Å². The molecule has 0 bridgehead atoms. The van der Waals surface area contributed by atoms with Crippen LogP contribution >= 0.6 is 11.6 Å². The first kappa shape index (κ1) is 14.9. The lowest BCUT2D eigenvalue weighted by atomic mass is 10.1. The second kappa shape index (κ2) is 6.28. The monoisotopic (exact) mass is 304 g/mol. The topological polar surface area (TPSA) is 78.4 Å². The van der Waals surface area contributed by atoms with Gasteiger partial charge in [-0.2, -0.15) is 0 Å². The van der Waals surface area contributed by atoms with Gasteiger partial charge in [0, 0.05) is 0 Å². The van der Waals surface area contributed by atoms with E-state index < -0.39 is 11.8 Å². The molecule has 0 aromatic heterocycles. The van der Waals surface area contributed by atoms with Crippen LogP contribution in [0.15, 0.2) is 42.5 Å². The molecule has 2 aromatic rings. The zero-order valence-electron chi connectivity index (χ0n) is 11.2. The third-order valence-electron chi connectivity index (χ3n) is 2.81. The summed E-state index contributed by atoms with van der Waals surface area (Å²) in [5.74, 6) is -1.31. The number of hydrogen-bond donors (Lipinski definition) is 3. The number of phenolic OH excluding ortho intramolecular Hbond substituents is 1. The molecule has 5 nitrogen and oxygen atoms in total. The normalized spacial score (nSPS) is 10.0. The number of amides is 2. The van der Waals surface area contributed by atoms with Crippen molar-refractivity contribution in [1.82, 2.24) is 10.9 Å². The first-order chi connectivity index (χ1) is 9.99. The quantitative estimate of drug-likeness (QED) is 0.746. The molecular formula is C15H13ClN2O3. The molecule has 2 rings (SSSR count). The Morgan fingerprint density at radius 1 is 1.00 bits per heavy atom. The zero-order valence-corrected chi connectivity index (χ0v) is 11.9. The standard InChI is InChI=1S/C15H13ClN2O3/c1-9-6-7-11(13(19)8-9)15(21)18-17-14(20)10-4-2-3-5-12(10)16/h2-8,19H,1H3,(H,17,20)(H,18,21). The number of nitrogens with one attached hydrogen (secondary N) is 2. The number of carbonyl (C=O) groups is 2. The molecule has 3 N–H and O–H groups in total. The van der Waals surface area contributed by atoms with E-state index in [0.717, 1.165) is 5.56 Å². The Hall–Kier alpha value is -2.53. The molecule has 0 spiro atoms. The number of aromatic hydroxyl groups is 1. The van der Waals surface area contributed by atoms with Crippen LogP contribution in [-0.2, 0) is 0 Å². The van der Waals surface area contributed by atoms with Gasteiger partial charge in [0.25, 0.3) is 11.8 Å². The van der Waals surface area contributed by atoms with Crippen molar-refractivity contribution < 1.29 is 14.7 Å². The van der Waals surface area contributed by atoms with Crippen molar-refractivity contribution >= 4 is 23.4 Å². The molecule has 0 unspecified atom stereocenters. The van der Waals surface area contributed by atoms with Gasteiger partial charge in [-0.3, -0.25) is 20.4 Å². The van der Waals surface area contributed by atoms with Crippen molar-refractivity contribution in [2.45, 2.75) is 6.92 Å². The lowest BCUT2D eigenvalue weighted by molar-refractivity contribution is 0.0845. The SMILES string of the molecule is Cc1ccc(C(=O)NNC(=O)c2ccccc2Cl)c(O)c1. The molecule has 0 aliphatic carbocycles. The second-order valence-electron chi connectivity index (χ2n) is 4.41. The highest BCUT2D eigenvalue weighted by atomic mass is 35.5. The van der Waals surface area contributed by atoms with Gasteiger partial charge in [-0.25, -0.2) is 0 Å². The van der Waals surface area contributed by atoms with Crippen LogP contribution in [0.1, 0.15) is 26.3 Å². The van der Waals surface area contributed by atoms with Gasteiger partial charge >= 0.3 is 0 Å². The molecule has 0 saturated heterocycles. The van der Waals surface area contributed by atoms with Crippen LogP contribution in [0.3, 0.4) is 0 Å². The van der Waals surface area contributed by atoms with E-state index in [1.807, 2.05) is 0 Å². The second-order valence-corrected chi connectivity index (χ2v) is 4.82. The molecule has 0 aliphatic rings. The van der Waals surface area contributed by atoms with E-state index in [-0.39, 0.29) is 21.9 Å². The van der Waals surface area contributed by atoms with Gasteiger partial charge in [0.05, 0.1) is 16.1 Å². The van der Waals surface area contributed by atoms with Crippen LogP contribution in [0.5, 0.6) is 5.75 Å². The maximum atomic E-state index is 11.9. The molecule has 0 aliphatic heterocycles. The minimum absolute atomic E-state index is 0.0695. The lowest BCUT2D eigenvalue weighted by Gasteiger charge is -2.09. The largest absolute Gasteiger partial charge is 0.507 e. The van der Waals surface area contributed by atoms with Crippen molar-refractivity contribution in [3.63, 3.8) is 0 Å². The maximum absolute atomic E-state index is 11.9. The lowest BCUT2D eigenvalue weighted by Crippen LogP contribution is -2.41. The number of carbonyl (C=O) groups excluding carboxylic acids is 2. The van der Waals surface area contributed by atoms with Crippen LogP contribution in [0.4, 0.5) is 0 Å². The smallest absolute Gasteiger partial charge is 0.273 e. The van der Waals surface area contributed by atoms with Gasteiger partial charge in [-0.1, -0.05) is 29.8 Å². The van der Waals surface area contributed by atoms with Crippen LogP contribution in [0.25, 0.3) is 0 Å². The summed E-state index contributed by atoms with van der Waals surface area (Å²) in [5.41, 5.74) is 5.61. The molecule has 2 amide bonds. The minimum Gasteiger partial charge on any atom is -0.507 e. The third-order valence-corrected chi connectivity index (χ3v) is 3.14. The first-order valence-corrected chi connectivity index (χ1v) is 6.51. The van der Waals surface area contributed by atoms with Crippen molar-refractivity contribution in [2.24, 2.45) is 0 Å². The third kappa shape index (κ3) is 3.52. The molecule has 0 fully saturated rings. The summed E-state index contributed by atoms with van der Waals surface area (Å²) in [4.78, 5) is 23.7. The van der Waals surface area contributed by atoms with Crippen LogP contribution in [0.2, 0.25) is 5.02 Å². The molecule has 0 radical (unpaired) electrons. The summed E-state index contributed by atoms with van der Waals surface area (Å²) in [7, 11) is 0. The Kier molecular flexibility index (Phi) is 4.45. The average Bonchev–Trinajstić information content (AvgIpc) is 2.45. The highest BCUT2D eigenvalue weighted by Crippen LogP contribution is 2.18. The molecule has 21 heavy (non-hydrogen) atoms. The fourth-order valence-electron chi connectivity index (χ4n) is 1.73. The molecule has 6 heteroatoms. The van der Waals surface area contributed by atoms with Crippen molar-refractivity contribution in [3.8, 4) is 5.75 Å². The van der Waals surface area contributed by atoms with Crippen LogP contribution in [-0.4, -0.2) is 16.9 Å². The van der Waals surface area contributed by atoms with Crippen LogP contribution < -0.4 is 10.9 Å². The van der Waals surface area contributed by atoms with E-state index in [9.17, 15) is 14.7 Å². The van der Waals surface area contributed by atoms with Crippen molar-refractivity contribution in [1.29, 1.82) is 0 Å². The number of phenols is 1. The molecule has 0 heterocycles. The first-order valence-electron chi connectivity index (χ1n) is 6.14.